The summed E-state index contributed by atoms with van der Waals surface area (Å²) in [7, 11) is 0. The van der Waals surface area contributed by atoms with Crippen LogP contribution in [0.3, 0.4) is 0 Å². The van der Waals surface area contributed by atoms with E-state index in [9.17, 15) is 4.79 Å². The second kappa shape index (κ2) is 9.56. The Bertz CT molecular complexity index is 121. The molecule has 0 aromatic heterocycles. The summed E-state index contributed by atoms with van der Waals surface area (Å²) < 4.78 is 0. The van der Waals surface area contributed by atoms with Crippen LogP contribution in [-0.4, -0.2) is 11.1 Å². The molecule has 0 aliphatic rings. The molecular formula is C11H14O2. The first kappa shape index (κ1) is 12.5. The van der Waals surface area contributed by atoms with Crippen LogP contribution in [0.1, 0.15) is 38.5 Å². The highest BCUT2D eigenvalue weighted by molar-refractivity contribution is 5.66. The number of unbranched alkanes of at least 4 members (excludes halogenated alkanes) is 7. The van der Waals surface area contributed by atoms with Gasteiger partial charge in [0.25, 0.3) is 0 Å². The van der Waals surface area contributed by atoms with Crippen LogP contribution in [0, 0.1) is 26.2 Å². The first-order valence-corrected chi connectivity index (χ1v) is 4.42. The lowest BCUT2D eigenvalue weighted by Gasteiger charge is -1.98. The smallest absolute Gasteiger partial charge is 0.303 e. The van der Waals surface area contributed by atoms with Crippen molar-refractivity contribution in [2.75, 3.05) is 0 Å². The third kappa shape index (κ3) is 11.5. The summed E-state index contributed by atoms with van der Waals surface area (Å²) in [6.45, 7) is 4.94. The molecule has 0 aliphatic carbocycles. The molecule has 1 N–H and O–H groups in total. The molecule has 70 valence electrons. The molecule has 0 fully saturated rings. The Kier molecular flexibility index (Phi) is 9.17. The zero-order valence-electron chi connectivity index (χ0n) is 7.68. The Labute approximate surface area is 81.3 Å². The lowest BCUT2D eigenvalue weighted by Crippen LogP contribution is -1.93. The van der Waals surface area contributed by atoms with Crippen LogP contribution in [0.15, 0.2) is 0 Å². The highest BCUT2D eigenvalue weighted by Crippen LogP contribution is 2.07. The van der Waals surface area contributed by atoms with Gasteiger partial charge in [-0.2, -0.15) is 0 Å². The van der Waals surface area contributed by atoms with E-state index < -0.39 is 5.97 Å². The lowest BCUT2D eigenvalue weighted by molar-refractivity contribution is -0.137. The SMILES string of the molecule is [CH][C][C][C]CCCCCCC(=O)O. The molecule has 0 aliphatic heterocycles. The van der Waals surface area contributed by atoms with E-state index in [0.717, 1.165) is 32.1 Å². The first-order chi connectivity index (χ1) is 6.27. The minimum Gasteiger partial charge on any atom is -0.481 e. The van der Waals surface area contributed by atoms with Crippen LogP contribution in [0.25, 0.3) is 0 Å². The Morgan fingerprint density at radius 3 is 2.54 bits per heavy atom. The van der Waals surface area contributed by atoms with Crippen LogP contribution in [0.4, 0.5) is 0 Å². The fraction of sp³-hybridized carbons (Fsp3) is 0.545. The topological polar surface area (TPSA) is 37.3 Å². The zero-order valence-corrected chi connectivity index (χ0v) is 7.68. The summed E-state index contributed by atoms with van der Waals surface area (Å²) in [6.07, 6.45) is 12.5. The predicted octanol–water partition coefficient (Wildman–Crippen LogP) is 2.37. The van der Waals surface area contributed by atoms with Crippen molar-refractivity contribution < 1.29 is 9.90 Å². The average Bonchev–Trinajstić information content (AvgIpc) is 2.09. The molecular weight excluding hydrogens is 164 g/mol. The Morgan fingerprint density at radius 1 is 1.23 bits per heavy atom. The summed E-state index contributed by atoms with van der Waals surface area (Å²) in [5, 5.41) is 8.34. The van der Waals surface area contributed by atoms with Crippen molar-refractivity contribution in [1.82, 2.24) is 0 Å². The summed E-state index contributed by atoms with van der Waals surface area (Å²) in [5.41, 5.74) is 0. The van der Waals surface area contributed by atoms with Crippen LogP contribution in [0.5, 0.6) is 0 Å². The van der Waals surface area contributed by atoms with E-state index >= 15 is 0 Å². The van der Waals surface area contributed by atoms with Gasteiger partial charge in [-0.3, -0.25) is 4.79 Å². The third-order valence-corrected chi connectivity index (χ3v) is 1.60. The van der Waals surface area contributed by atoms with Gasteiger partial charge in [0.1, 0.15) is 0 Å². The molecule has 0 saturated heterocycles. The van der Waals surface area contributed by atoms with E-state index in [0.29, 0.717) is 0 Å². The molecule has 2 nitrogen and oxygen atoms in total. The predicted molar refractivity (Wildman–Crippen MR) is 49.4 cm³/mol. The van der Waals surface area contributed by atoms with Gasteiger partial charge < -0.3 is 5.11 Å². The maximum absolute atomic E-state index is 10.1. The number of carbonyl (C=O) groups is 1. The monoisotopic (exact) mass is 178 g/mol. The second-order valence-corrected chi connectivity index (χ2v) is 2.75. The zero-order chi connectivity index (χ0) is 9.94. The maximum atomic E-state index is 10.1. The summed E-state index contributed by atoms with van der Waals surface area (Å²) in [6, 6.07) is 0. The van der Waals surface area contributed by atoms with Crippen molar-refractivity contribution in [3.63, 3.8) is 0 Å². The minimum atomic E-state index is -0.716. The Hall–Kier alpha value is -0.530. The highest BCUT2D eigenvalue weighted by Gasteiger charge is 1.96. The number of aliphatic carboxylic acids is 1. The number of hydrogen-bond acceptors (Lipinski definition) is 1. The quantitative estimate of drug-likeness (QED) is 0.550. The first-order valence-electron chi connectivity index (χ1n) is 4.42. The van der Waals surface area contributed by atoms with Gasteiger partial charge in [-0.1, -0.05) is 19.3 Å². The molecule has 0 amide bonds. The van der Waals surface area contributed by atoms with E-state index in [1.807, 2.05) is 0 Å². The van der Waals surface area contributed by atoms with Crippen molar-refractivity contribution in [3.05, 3.63) is 26.2 Å². The molecule has 8 radical (unpaired) electrons. The van der Waals surface area contributed by atoms with Crippen LogP contribution < -0.4 is 0 Å². The molecule has 0 atom stereocenters. The van der Waals surface area contributed by atoms with Gasteiger partial charge in [0, 0.05) is 6.42 Å². The van der Waals surface area contributed by atoms with Gasteiger partial charge in [-0.05, 0) is 39.0 Å². The minimum absolute atomic E-state index is 0.274. The normalized spacial score (nSPS) is 10.2. The van der Waals surface area contributed by atoms with E-state index in [1.54, 1.807) is 0 Å². The molecule has 0 unspecified atom stereocenters. The molecule has 0 heterocycles. The van der Waals surface area contributed by atoms with Gasteiger partial charge in [0.05, 0.1) is 0 Å². The Balaban J connectivity index is 2.87. The molecule has 0 bridgehead atoms. The van der Waals surface area contributed by atoms with Gasteiger partial charge in [-0.15, -0.1) is 0 Å². The Morgan fingerprint density at radius 2 is 1.92 bits per heavy atom. The summed E-state index contributed by atoms with van der Waals surface area (Å²) >= 11 is 0. The van der Waals surface area contributed by atoms with Gasteiger partial charge in [-0.25, -0.2) is 0 Å². The largest absolute Gasteiger partial charge is 0.481 e. The molecule has 0 aromatic rings. The lowest BCUT2D eigenvalue weighted by atomic mass is 10.1. The van der Waals surface area contributed by atoms with E-state index in [-0.39, 0.29) is 6.42 Å². The van der Waals surface area contributed by atoms with Crippen molar-refractivity contribution in [3.8, 4) is 0 Å². The number of hydrogen-bond donors (Lipinski definition) is 1. The molecule has 0 aromatic carbocycles. The van der Waals surface area contributed by atoms with Crippen molar-refractivity contribution in [2.24, 2.45) is 0 Å². The van der Waals surface area contributed by atoms with E-state index in [4.69, 9.17) is 12.0 Å². The van der Waals surface area contributed by atoms with E-state index in [1.165, 1.54) is 0 Å². The molecule has 2 heteroatoms. The molecule has 0 saturated carbocycles. The third-order valence-electron chi connectivity index (χ3n) is 1.60. The van der Waals surface area contributed by atoms with Gasteiger partial charge in [0.15, 0.2) is 0 Å². The van der Waals surface area contributed by atoms with E-state index in [2.05, 4.69) is 19.3 Å². The second-order valence-electron chi connectivity index (χ2n) is 2.75. The molecule has 0 rings (SSSR count). The van der Waals surface area contributed by atoms with Crippen molar-refractivity contribution >= 4 is 5.97 Å². The molecule has 0 spiro atoms. The number of carboxylic acids is 1. The van der Waals surface area contributed by atoms with Crippen LogP contribution in [-0.2, 0) is 4.79 Å². The van der Waals surface area contributed by atoms with Crippen molar-refractivity contribution in [2.45, 2.75) is 38.5 Å². The van der Waals surface area contributed by atoms with Gasteiger partial charge >= 0.3 is 5.97 Å². The molecule has 13 heavy (non-hydrogen) atoms. The van der Waals surface area contributed by atoms with Crippen LogP contribution in [0.2, 0.25) is 0 Å². The summed E-state index contributed by atoms with van der Waals surface area (Å²) in [5.74, 6) is -0.716. The maximum Gasteiger partial charge on any atom is 0.303 e. The van der Waals surface area contributed by atoms with Crippen LogP contribution >= 0.6 is 0 Å². The average molecular weight is 178 g/mol. The standard InChI is InChI=1S/C11H14O2/c1-2-3-4-5-6-7-8-9-10-11(12)13/h1H,5-10H2,(H,12,13). The number of rotatable bonds is 9. The van der Waals surface area contributed by atoms with Gasteiger partial charge in [0.2, 0.25) is 0 Å². The van der Waals surface area contributed by atoms with Crippen molar-refractivity contribution in [1.29, 1.82) is 0 Å². The fourth-order valence-corrected chi connectivity index (χ4v) is 0.957. The number of carboxylic acid groups (broad SMARTS) is 1. The highest BCUT2D eigenvalue weighted by atomic mass is 16.4. The fourth-order valence-electron chi connectivity index (χ4n) is 0.957. The summed E-state index contributed by atoms with van der Waals surface area (Å²) in [4.78, 5) is 10.1.